The number of ether oxygens (including phenoxy) is 1. The maximum atomic E-state index is 11.4. The monoisotopic (exact) mass is 308 g/mol. The minimum atomic E-state index is -0.704. The third-order valence-corrected chi connectivity index (χ3v) is 3.19. The minimum Gasteiger partial charge on any atom is -0.495 e. The topological polar surface area (TPSA) is 114 Å². The van der Waals surface area contributed by atoms with E-state index < -0.39 is 5.91 Å². The van der Waals surface area contributed by atoms with Crippen molar-refractivity contribution in [1.82, 2.24) is 4.98 Å². The number of methoxy groups -OCH3 is 1. The Bertz CT molecular complexity index is 699. The summed E-state index contributed by atoms with van der Waals surface area (Å²) in [4.78, 5) is 25.0. The summed E-state index contributed by atoms with van der Waals surface area (Å²) in [7, 11) is 1.51. The van der Waals surface area contributed by atoms with Crippen LogP contribution in [0.5, 0.6) is 5.75 Å². The summed E-state index contributed by atoms with van der Waals surface area (Å²) in [6, 6.07) is 6.58. The Hall–Kier alpha value is -2.51. The molecule has 0 radical (unpaired) electrons. The molecule has 0 aliphatic rings. The fraction of sp³-hybridized carbons (Fsp3) is 0.0769. The van der Waals surface area contributed by atoms with Crippen LogP contribution < -0.4 is 21.3 Å². The molecule has 0 aliphatic heterocycles. The van der Waals surface area contributed by atoms with Gasteiger partial charge in [-0.3, -0.25) is 9.59 Å². The highest BCUT2D eigenvalue weighted by atomic mass is 35.5. The molecule has 110 valence electrons. The number of amides is 2. The van der Waals surface area contributed by atoms with E-state index in [1.54, 1.807) is 18.2 Å². The first kappa shape index (κ1) is 14.9. The van der Waals surface area contributed by atoms with Crippen LogP contribution in [0.1, 0.15) is 10.4 Å². The molecule has 2 aromatic rings. The van der Waals surface area contributed by atoms with Gasteiger partial charge in [0.05, 0.1) is 17.7 Å². The van der Waals surface area contributed by atoms with Crippen molar-refractivity contribution in [2.45, 2.75) is 0 Å². The van der Waals surface area contributed by atoms with E-state index in [-0.39, 0.29) is 11.4 Å². The number of hydrazine groups is 1. The van der Waals surface area contributed by atoms with Crippen LogP contribution in [0.25, 0.3) is 11.3 Å². The lowest BCUT2D eigenvalue weighted by atomic mass is 10.1. The van der Waals surface area contributed by atoms with Gasteiger partial charge in [0.2, 0.25) is 6.41 Å². The predicted octanol–water partition coefficient (Wildman–Crippen LogP) is 1.28. The van der Waals surface area contributed by atoms with Crippen molar-refractivity contribution >= 4 is 29.7 Å². The molecule has 7 nitrogen and oxygen atoms in total. The number of nitrogens with two attached hydrogens (primary N) is 2. The fourth-order valence-corrected chi connectivity index (χ4v) is 2.13. The van der Waals surface area contributed by atoms with Gasteiger partial charge in [-0.05, 0) is 29.8 Å². The highest BCUT2D eigenvalue weighted by Crippen LogP contribution is 2.32. The van der Waals surface area contributed by atoms with E-state index in [4.69, 9.17) is 27.9 Å². The van der Waals surface area contributed by atoms with Crippen LogP contribution in [-0.2, 0) is 4.79 Å². The van der Waals surface area contributed by atoms with E-state index >= 15 is 0 Å². The van der Waals surface area contributed by atoms with Gasteiger partial charge in [0.1, 0.15) is 11.6 Å². The zero-order chi connectivity index (χ0) is 15.6. The highest BCUT2D eigenvalue weighted by Gasteiger charge is 2.17. The van der Waals surface area contributed by atoms with Crippen LogP contribution in [0.4, 0.5) is 5.82 Å². The first-order valence-electron chi connectivity index (χ1n) is 5.84. The van der Waals surface area contributed by atoms with Gasteiger partial charge in [-0.2, -0.15) is 0 Å². The van der Waals surface area contributed by atoms with Crippen LogP contribution in [0.3, 0.4) is 0 Å². The summed E-state index contributed by atoms with van der Waals surface area (Å²) >= 11 is 6.06. The summed E-state index contributed by atoms with van der Waals surface area (Å²) in [5, 5.41) is 1.15. The van der Waals surface area contributed by atoms with Crippen molar-refractivity contribution < 1.29 is 14.3 Å². The lowest BCUT2D eigenvalue weighted by molar-refractivity contribution is -0.107. The van der Waals surface area contributed by atoms with Gasteiger partial charge in [-0.15, -0.1) is 0 Å². The molecule has 1 heterocycles. The second-order valence-electron chi connectivity index (χ2n) is 4.17. The van der Waals surface area contributed by atoms with Crippen molar-refractivity contribution in [3.8, 4) is 17.0 Å². The highest BCUT2D eigenvalue weighted by molar-refractivity contribution is 6.32. The molecule has 0 fully saturated rings. The zero-order valence-electron chi connectivity index (χ0n) is 11.1. The van der Waals surface area contributed by atoms with Crippen molar-refractivity contribution in [3.05, 3.63) is 34.9 Å². The number of carbonyl (C=O) groups is 2. The second kappa shape index (κ2) is 5.86. The fourth-order valence-electron chi connectivity index (χ4n) is 1.88. The number of nitrogens with one attached hydrogen (secondary N) is 1. The number of nitrogens with zero attached hydrogens (tertiary/aromatic N) is 1. The summed E-state index contributed by atoms with van der Waals surface area (Å²) < 4.78 is 5.07. The van der Waals surface area contributed by atoms with Gasteiger partial charge in [0.25, 0.3) is 5.91 Å². The molecule has 0 spiro atoms. The molecule has 2 rings (SSSR count). The van der Waals surface area contributed by atoms with Gasteiger partial charge in [0.15, 0.2) is 0 Å². The lowest BCUT2D eigenvalue weighted by Gasteiger charge is -2.09. The third kappa shape index (κ3) is 2.83. The van der Waals surface area contributed by atoms with E-state index in [0.29, 0.717) is 28.4 Å². The average Bonchev–Trinajstić information content (AvgIpc) is 2.91. The number of carbonyl (C=O) groups excluding carboxylic acids is 2. The van der Waals surface area contributed by atoms with E-state index in [0.717, 1.165) is 5.01 Å². The van der Waals surface area contributed by atoms with Crippen molar-refractivity contribution in [1.29, 1.82) is 0 Å². The molecule has 1 aromatic heterocycles. The summed E-state index contributed by atoms with van der Waals surface area (Å²) in [5.74, 6) is 5.41. The molecular weight excluding hydrogens is 296 g/mol. The Morgan fingerprint density at radius 3 is 2.67 bits per heavy atom. The number of H-pyrrole nitrogens is 1. The molecule has 0 aliphatic carbocycles. The number of aromatic nitrogens is 1. The molecule has 0 atom stereocenters. The standard InChI is InChI=1S/C13H13ClN4O3/c1-21-11-3-2-7(4-9(11)14)10-5-8(12(15)20)13(17-10)18(16)6-19/h2-6,17H,16H2,1H3,(H2,15,20). The molecule has 0 unspecified atom stereocenters. The first-order valence-corrected chi connectivity index (χ1v) is 6.21. The summed E-state index contributed by atoms with van der Waals surface area (Å²) in [6.45, 7) is 0. The number of anilines is 1. The largest absolute Gasteiger partial charge is 0.495 e. The number of rotatable bonds is 5. The van der Waals surface area contributed by atoms with Crippen LogP contribution in [0, 0.1) is 0 Å². The van der Waals surface area contributed by atoms with Crippen molar-refractivity contribution in [2.75, 3.05) is 12.1 Å². The smallest absolute Gasteiger partial charge is 0.252 e. The van der Waals surface area contributed by atoms with Crippen LogP contribution >= 0.6 is 11.6 Å². The summed E-state index contributed by atoms with van der Waals surface area (Å²) in [5.41, 5.74) is 6.61. The SMILES string of the molecule is COc1ccc(-c2cc(C(N)=O)c(N(N)C=O)[nH]2)cc1Cl. The van der Waals surface area contributed by atoms with Gasteiger partial charge < -0.3 is 15.5 Å². The normalized spacial score (nSPS) is 10.2. The Labute approximate surface area is 125 Å². The Morgan fingerprint density at radius 1 is 1.43 bits per heavy atom. The van der Waals surface area contributed by atoms with E-state index in [9.17, 15) is 9.59 Å². The molecule has 5 N–H and O–H groups in total. The number of hydrogen-bond donors (Lipinski definition) is 3. The summed E-state index contributed by atoms with van der Waals surface area (Å²) in [6.07, 6.45) is 0.364. The van der Waals surface area contributed by atoms with Gasteiger partial charge >= 0.3 is 0 Å². The molecule has 0 saturated heterocycles. The quantitative estimate of drug-likeness (QED) is 0.334. The molecule has 2 amide bonds. The van der Waals surface area contributed by atoms with Crippen LogP contribution in [0.2, 0.25) is 5.02 Å². The third-order valence-electron chi connectivity index (χ3n) is 2.90. The van der Waals surface area contributed by atoms with E-state index in [1.807, 2.05) is 0 Å². The zero-order valence-corrected chi connectivity index (χ0v) is 11.8. The Morgan fingerprint density at radius 2 is 2.14 bits per heavy atom. The molecule has 0 saturated carbocycles. The van der Waals surface area contributed by atoms with Gasteiger partial charge in [-0.1, -0.05) is 11.6 Å². The maximum absolute atomic E-state index is 11.4. The maximum Gasteiger partial charge on any atom is 0.252 e. The molecule has 21 heavy (non-hydrogen) atoms. The molecule has 1 aromatic carbocycles. The lowest BCUT2D eigenvalue weighted by Crippen LogP contribution is -2.31. The van der Waals surface area contributed by atoms with Gasteiger partial charge in [-0.25, -0.2) is 10.9 Å². The van der Waals surface area contributed by atoms with E-state index in [1.165, 1.54) is 13.2 Å². The molecular formula is C13H13ClN4O3. The average molecular weight is 309 g/mol. The first-order chi connectivity index (χ1) is 9.97. The number of benzene rings is 1. The van der Waals surface area contributed by atoms with Crippen molar-refractivity contribution in [3.63, 3.8) is 0 Å². The number of primary amides is 1. The molecule has 8 heteroatoms. The predicted molar refractivity (Wildman–Crippen MR) is 79.0 cm³/mol. The molecule has 0 bridgehead atoms. The number of hydrogen-bond acceptors (Lipinski definition) is 4. The Balaban J connectivity index is 2.52. The van der Waals surface area contributed by atoms with Crippen LogP contribution in [-0.4, -0.2) is 24.4 Å². The second-order valence-corrected chi connectivity index (χ2v) is 4.58. The van der Waals surface area contributed by atoms with E-state index in [2.05, 4.69) is 4.98 Å². The van der Waals surface area contributed by atoms with Crippen LogP contribution in [0.15, 0.2) is 24.3 Å². The number of aromatic amines is 1. The Kier molecular flexibility index (Phi) is 4.15. The minimum absolute atomic E-state index is 0.103. The number of halogens is 1. The van der Waals surface area contributed by atoms with Crippen molar-refractivity contribution in [2.24, 2.45) is 11.6 Å². The van der Waals surface area contributed by atoms with Gasteiger partial charge in [0, 0.05) is 5.69 Å².